The Bertz CT molecular complexity index is 1250. The second-order valence-corrected chi connectivity index (χ2v) is 10.3. The van der Waals surface area contributed by atoms with Gasteiger partial charge in [-0.25, -0.2) is 0 Å². The predicted octanol–water partition coefficient (Wildman–Crippen LogP) is 3.31. The molecule has 0 fully saturated rings. The highest BCUT2D eigenvalue weighted by molar-refractivity contribution is 14.1. The first-order chi connectivity index (χ1) is 12.2. The number of halogens is 1. The van der Waals surface area contributed by atoms with Crippen molar-refractivity contribution in [2.75, 3.05) is 3.29 Å². The molecule has 2 heterocycles. The summed E-state index contributed by atoms with van der Waals surface area (Å²) >= 11 is 5.56. The van der Waals surface area contributed by atoms with Crippen molar-refractivity contribution in [3.8, 4) is 0 Å². The smallest absolute Gasteiger partial charge is 0.388 e. The molecule has 2 aromatic heterocycles. The summed E-state index contributed by atoms with van der Waals surface area (Å²) in [6.07, 6.45) is 6.27. The van der Waals surface area contributed by atoms with Crippen LogP contribution in [0.25, 0.3) is 44.9 Å². The number of allylic oxidation sites excluding steroid dienone is 1. The van der Waals surface area contributed by atoms with E-state index in [1.54, 1.807) is 0 Å². The minimum atomic E-state index is 0.155. The summed E-state index contributed by atoms with van der Waals surface area (Å²) in [5.41, 5.74) is 3.90. The van der Waals surface area contributed by atoms with Gasteiger partial charge in [-0.05, 0) is 16.3 Å². The van der Waals surface area contributed by atoms with Crippen LogP contribution in [0.2, 0.25) is 0 Å². The van der Waals surface area contributed by atoms with Gasteiger partial charge in [0.1, 0.15) is 0 Å². The second-order valence-electron chi connectivity index (χ2n) is 5.94. The molecule has 0 saturated carbocycles. The Labute approximate surface area is 175 Å². The zero-order valence-corrected chi connectivity index (χ0v) is 18.5. The predicted molar refractivity (Wildman–Crippen MR) is 120 cm³/mol. The average molecular weight is 465 g/mol. The maximum atomic E-state index is 3.93. The van der Waals surface area contributed by atoms with Crippen LogP contribution in [0, 0.1) is 0 Å². The lowest BCUT2D eigenvalue weighted by atomic mass is 10.1. The van der Waals surface area contributed by atoms with E-state index in [9.17, 15) is 0 Å². The standard InChI is InChI=1S/C19H14N2.CH2I.2Al/c1-3-7-12-14-10-11-15-13-8-5-6-9-17(13)21-19(15)18(14)20-16(12)4-2;1-2;;/h3-11H,1H2,2H3;1H2;;/q-2;;2*+1/b12-7-,16-4+;;;. The quantitative estimate of drug-likeness (QED) is 0.250. The van der Waals surface area contributed by atoms with Gasteiger partial charge in [0.25, 0.3) is 0 Å². The molecule has 0 bridgehead atoms. The van der Waals surface area contributed by atoms with Gasteiger partial charge >= 0.3 is 32.0 Å². The molecule has 0 saturated heterocycles. The van der Waals surface area contributed by atoms with Crippen molar-refractivity contribution in [2.24, 2.45) is 0 Å². The van der Waals surface area contributed by atoms with Crippen LogP contribution in [0.4, 0.5) is 0 Å². The monoisotopic (exact) mass is 465 g/mol. The summed E-state index contributed by atoms with van der Waals surface area (Å²) in [6, 6.07) is 13.2. The minimum absolute atomic E-state index is 0.155. The molecule has 0 N–H and O–H groups in total. The Morgan fingerprint density at radius 2 is 1.88 bits per heavy atom. The van der Waals surface area contributed by atoms with Gasteiger partial charge in [-0.15, -0.1) is 22.6 Å². The average Bonchev–Trinajstić information content (AvgIpc) is 3.09. The van der Waals surface area contributed by atoms with E-state index in [0.717, 1.165) is 3.29 Å². The van der Waals surface area contributed by atoms with Crippen molar-refractivity contribution in [2.45, 2.75) is 6.92 Å². The van der Waals surface area contributed by atoms with Gasteiger partial charge in [-0.2, -0.15) is 0 Å². The fraction of sp³-hybridized carbons (Fsp3) is 0.100. The first kappa shape index (κ1) is 17.5. The molecule has 2 nitrogen and oxygen atoms in total. The lowest BCUT2D eigenvalue weighted by molar-refractivity contribution is 1.20. The highest BCUT2D eigenvalue weighted by Crippen LogP contribution is 2.31. The largest absolute Gasteiger partial charge is 0.450 e. The number of aromatic nitrogens is 2. The van der Waals surface area contributed by atoms with Gasteiger partial charge in [0.15, 0.2) is 0 Å². The summed E-state index contributed by atoms with van der Waals surface area (Å²) < 4.78 is 5.97. The molecule has 0 aliphatic heterocycles. The van der Waals surface area contributed by atoms with Crippen LogP contribution < -0.4 is 10.6 Å². The molecule has 3 radical (unpaired) electrons. The first-order valence-corrected chi connectivity index (χ1v) is 11.6. The maximum Gasteiger partial charge on any atom is 0.388 e. The van der Waals surface area contributed by atoms with Gasteiger partial charge in [0.05, 0.1) is 0 Å². The highest BCUT2D eigenvalue weighted by atomic mass is 127. The second kappa shape index (κ2) is 6.99. The lowest BCUT2D eigenvalue weighted by Gasteiger charge is -2.08. The molecule has 0 aliphatic rings. The van der Waals surface area contributed by atoms with Gasteiger partial charge in [0.2, 0.25) is 0 Å². The van der Waals surface area contributed by atoms with Crippen LogP contribution in [0.3, 0.4) is 0 Å². The van der Waals surface area contributed by atoms with E-state index in [0.29, 0.717) is 0 Å². The molecular weight excluding hydrogens is 449 g/mol. The molecule has 2 aromatic carbocycles. The van der Waals surface area contributed by atoms with Crippen molar-refractivity contribution in [3.63, 3.8) is 0 Å². The van der Waals surface area contributed by atoms with Crippen LogP contribution in [-0.2, 0) is 0 Å². The summed E-state index contributed by atoms with van der Waals surface area (Å²) in [5, 5.41) is 6.52. The van der Waals surface area contributed by atoms with Crippen LogP contribution in [0.1, 0.15) is 6.92 Å². The van der Waals surface area contributed by atoms with Crippen molar-refractivity contribution >= 4 is 99.4 Å². The van der Waals surface area contributed by atoms with Gasteiger partial charge in [0, 0.05) is 43.3 Å². The molecular formula is C20H16Al2IN2. The summed E-state index contributed by atoms with van der Waals surface area (Å²) in [7, 11) is 0. The fourth-order valence-electron chi connectivity index (χ4n) is 3.77. The minimum Gasteiger partial charge on any atom is -0.450 e. The third kappa shape index (κ3) is 2.57. The van der Waals surface area contributed by atoms with Crippen LogP contribution in [0.5, 0.6) is 0 Å². The Morgan fingerprint density at radius 1 is 1.12 bits per heavy atom. The normalized spacial score (nSPS) is 13.4. The molecule has 0 atom stereocenters. The molecule has 4 aromatic rings. The number of para-hydroxylation sites is 1. The molecule has 0 unspecified atom stereocenters. The van der Waals surface area contributed by atoms with E-state index in [2.05, 4.69) is 108 Å². The van der Waals surface area contributed by atoms with Crippen LogP contribution in [0.15, 0.2) is 49.1 Å². The summed E-state index contributed by atoms with van der Waals surface area (Å²) in [6.45, 7) is 6.06. The molecule has 0 aliphatic carbocycles. The highest BCUT2D eigenvalue weighted by Gasteiger charge is 2.15. The number of rotatable bonds is 3. The molecule has 5 heteroatoms. The zero-order chi connectivity index (χ0) is 17.6. The Kier molecular flexibility index (Phi) is 4.88. The van der Waals surface area contributed by atoms with E-state index in [4.69, 9.17) is 0 Å². The Balaban J connectivity index is 2.37. The Morgan fingerprint density at radius 3 is 2.60 bits per heavy atom. The number of hydrogen-bond donors (Lipinski definition) is 0. The zero-order valence-electron chi connectivity index (χ0n) is 14.0. The number of nitrogens with zero attached hydrogens (tertiary/aromatic N) is 2. The topological polar surface area (TPSA) is 9.86 Å². The van der Waals surface area contributed by atoms with Crippen molar-refractivity contribution < 1.29 is 0 Å². The van der Waals surface area contributed by atoms with E-state index >= 15 is 0 Å². The number of fused-ring (bicyclic) bond motifs is 5. The summed E-state index contributed by atoms with van der Waals surface area (Å²) in [5.74, 6) is 0. The van der Waals surface area contributed by atoms with E-state index in [1.807, 2.05) is 6.08 Å². The molecule has 25 heavy (non-hydrogen) atoms. The van der Waals surface area contributed by atoms with Crippen molar-refractivity contribution in [3.05, 3.63) is 59.6 Å². The molecule has 4 rings (SSSR count). The fourth-order valence-corrected chi connectivity index (χ4v) is 6.50. The number of hydrogen-bond acceptors (Lipinski definition) is 0. The van der Waals surface area contributed by atoms with Gasteiger partial charge < -0.3 is 7.10 Å². The molecule has 0 spiro atoms. The Hall–Kier alpha value is -0.945. The van der Waals surface area contributed by atoms with E-state index in [-0.39, 0.29) is 15.4 Å². The van der Waals surface area contributed by atoms with Crippen LogP contribution in [-0.4, -0.2) is 42.3 Å². The van der Waals surface area contributed by atoms with Crippen LogP contribution >= 0.6 is 22.6 Å². The molecule has 0 amide bonds. The maximum absolute atomic E-state index is 3.93. The SMILES string of the molecule is C=C/C=c1\c(=C/C)[n]([Al][CH2]I)c2c1ccc1c3ccccc3[n]([Al])c12. The van der Waals surface area contributed by atoms with E-state index < -0.39 is 0 Å². The van der Waals surface area contributed by atoms with Gasteiger partial charge in [-0.3, -0.25) is 0 Å². The summed E-state index contributed by atoms with van der Waals surface area (Å²) in [4.78, 5) is 0. The van der Waals surface area contributed by atoms with Gasteiger partial charge in [-0.1, -0.05) is 55.1 Å². The number of benzene rings is 2. The van der Waals surface area contributed by atoms with Crippen molar-refractivity contribution in [1.29, 1.82) is 0 Å². The number of alkyl halides is 1. The lowest BCUT2D eigenvalue weighted by Crippen LogP contribution is -2.32. The van der Waals surface area contributed by atoms with Crippen molar-refractivity contribution in [1.82, 2.24) is 7.10 Å². The third-order valence-electron chi connectivity index (χ3n) is 4.72. The van der Waals surface area contributed by atoms with E-state index in [1.165, 1.54) is 43.3 Å². The third-order valence-corrected chi connectivity index (χ3v) is 7.48. The first-order valence-electron chi connectivity index (χ1n) is 8.22. The molecule has 119 valence electrons.